The van der Waals surface area contributed by atoms with Gasteiger partial charge in [-0.05, 0) is 54.5 Å². The molecule has 138 valence electrons. The number of aliphatic hydroxyl groups excluding tert-OH is 1. The summed E-state index contributed by atoms with van der Waals surface area (Å²) < 4.78 is 0. The first kappa shape index (κ1) is 18.5. The minimum absolute atomic E-state index is 0.0282. The lowest BCUT2D eigenvalue weighted by Crippen LogP contribution is -2.27. The molecular formula is C19H22N2O4S. The molecule has 1 aromatic heterocycles. The number of nitro groups is 1. The number of benzene rings is 1. The Kier molecular flexibility index (Phi) is 5.68. The molecule has 0 fully saturated rings. The van der Waals surface area contributed by atoms with Crippen molar-refractivity contribution in [2.45, 2.75) is 38.7 Å². The first-order valence-corrected chi connectivity index (χ1v) is 9.61. The number of rotatable bonds is 6. The van der Waals surface area contributed by atoms with Gasteiger partial charge >= 0.3 is 0 Å². The van der Waals surface area contributed by atoms with Crippen LogP contribution in [0.25, 0.3) is 0 Å². The Hall–Kier alpha value is -2.25. The lowest BCUT2D eigenvalue weighted by Gasteiger charge is -2.19. The molecule has 1 heterocycles. The summed E-state index contributed by atoms with van der Waals surface area (Å²) >= 11 is 1.54. The molecule has 0 bridgehead atoms. The van der Waals surface area contributed by atoms with E-state index in [1.807, 2.05) is 6.07 Å². The van der Waals surface area contributed by atoms with E-state index in [1.54, 1.807) is 0 Å². The van der Waals surface area contributed by atoms with Crippen LogP contribution in [0.5, 0.6) is 0 Å². The zero-order valence-corrected chi connectivity index (χ0v) is 15.4. The number of fused-ring (bicyclic) bond motifs is 1. The summed E-state index contributed by atoms with van der Waals surface area (Å²) in [6, 6.07) is 7.68. The summed E-state index contributed by atoms with van der Waals surface area (Å²) in [6.45, 7) is 2.27. The van der Waals surface area contributed by atoms with Gasteiger partial charge in [-0.25, -0.2) is 0 Å². The van der Waals surface area contributed by atoms with E-state index < -0.39 is 11.0 Å². The highest BCUT2D eigenvalue weighted by Gasteiger charge is 2.22. The van der Waals surface area contributed by atoms with Crippen LogP contribution in [0.2, 0.25) is 0 Å². The number of hydrogen-bond acceptors (Lipinski definition) is 5. The fraction of sp³-hybridized carbons (Fsp3) is 0.421. The van der Waals surface area contributed by atoms with Crippen molar-refractivity contribution >= 4 is 22.9 Å². The molecule has 1 amide bonds. The fourth-order valence-electron chi connectivity index (χ4n) is 3.27. The number of carbonyl (C=O) groups is 1. The highest BCUT2D eigenvalue weighted by atomic mass is 32.1. The summed E-state index contributed by atoms with van der Waals surface area (Å²) in [5, 5.41) is 23.6. The van der Waals surface area contributed by atoms with Gasteiger partial charge in [-0.2, -0.15) is 0 Å². The normalized spacial score (nSPS) is 17.4. The van der Waals surface area contributed by atoms with Crippen LogP contribution >= 0.6 is 11.3 Å². The van der Waals surface area contributed by atoms with E-state index in [1.165, 1.54) is 52.5 Å². The van der Waals surface area contributed by atoms with E-state index in [9.17, 15) is 20.0 Å². The molecule has 0 spiro atoms. The van der Waals surface area contributed by atoms with Gasteiger partial charge in [0.1, 0.15) is 0 Å². The maximum Gasteiger partial charge on any atom is 0.269 e. The summed E-state index contributed by atoms with van der Waals surface area (Å²) in [5.41, 5.74) is 1.79. The molecule has 1 aliphatic carbocycles. The number of nitrogens with one attached hydrogen (secondary N) is 1. The second-order valence-electron chi connectivity index (χ2n) is 6.65. The highest BCUT2D eigenvalue weighted by molar-refractivity contribution is 7.14. The molecule has 0 aliphatic heterocycles. The van der Waals surface area contributed by atoms with Crippen molar-refractivity contribution < 1.29 is 14.8 Å². The van der Waals surface area contributed by atoms with Crippen molar-refractivity contribution in [1.29, 1.82) is 0 Å². The van der Waals surface area contributed by atoms with Gasteiger partial charge in [-0.1, -0.05) is 13.3 Å². The third kappa shape index (κ3) is 4.11. The smallest absolute Gasteiger partial charge is 0.269 e. The van der Waals surface area contributed by atoms with Crippen molar-refractivity contribution in [3.63, 3.8) is 0 Å². The molecule has 26 heavy (non-hydrogen) atoms. The van der Waals surface area contributed by atoms with Crippen molar-refractivity contribution in [1.82, 2.24) is 5.32 Å². The molecule has 0 saturated heterocycles. The first-order valence-electron chi connectivity index (χ1n) is 8.80. The van der Waals surface area contributed by atoms with Crippen LogP contribution in [0.1, 0.15) is 51.5 Å². The quantitative estimate of drug-likeness (QED) is 0.596. The fourth-order valence-corrected chi connectivity index (χ4v) is 4.40. The number of nitrogens with zero attached hydrogens (tertiary/aromatic N) is 1. The summed E-state index contributed by atoms with van der Waals surface area (Å²) in [4.78, 5) is 24.6. The Bertz CT molecular complexity index is 800. The Balaban J connectivity index is 1.58. The predicted molar refractivity (Wildman–Crippen MR) is 101 cm³/mol. The number of nitro benzene ring substituents is 1. The number of aryl methyl sites for hydroxylation is 1. The van der Waals surface area contributed by atoms with Crippen molar-refractivity contribution in [3.05, 3.63) is 61.3 Å². The molecule has 1 aromatic carbocycles. The van der Waals surface area contributed by atoms with Gasteiger partial charge in [0.05, 0.1) is 15.9 Å². The molecular weight excluding hydrogens is 352 g/mol. The summed E-state index contributed by atoms with van der Waals surface area (Å²) in [5.74, 6) is 0.524. The van der Waals surface area contributed by atoms with Gasteiger partial charge < -0.3 is 10.4 Å². The van der Waals surface area contributed by atoms with Crippen LogP contribution in [-0.2, 0) is 12.8 Å². The topological polar surface area (TPSA) is 92.5 Å². The molecule has 2 aromatic rings. The summed E-state index contributed by atoms with van der Waals surface area (Å²) in [6.07, 6.45) is 3.53. The van der Waals surface area contributed by atoms with Crippen molar-refractivity contribution in [3.8, 4) is 0 Å². The van der Waals surface area contributed by atoms with Crippen LogP contribution < -0.4 is 5.32 Å². The van der Waals surface area contributed by atoms with E-state index in [-0.39, 0.29) is 18.1 Å². The second-order valence-corrected chi connectivity index (χ2v) is 7.79. The maximum atomic E-state index is 12.4. The number of amides is 1. The molecule has 2 unspecified atom stereocenters. The van der Waals surface area contributed by atoms with Crippen LogP contribution in [0, 0.1) is 16.0 Å². The van der Waals surface area contributed by atoms with Crippen LogP contribution in [-0.4, -0.2) is 22.5 Å². The van der Waals surface area contributed by atoms with Crippen LogP contribution in [0.4, 0.5) is 5.69 Å². The first-order chi connectivity index (χ1) is 12.5. The highest BCUT2D eigenvalue weighted by Crippen LogP contribution is 2.33. The number of thiophene rings is 1. The zero-order valence-electron chi connectivity index (χ0n) is 14.6. The van der Waals surface area contributed by atoms with Gasteiger partial charge in [0.2, 0.25) is 0 Å². The third-order valence-electron chi connectivity index (χ3n) is 4.93. The molecule has 0 saturated carbocycles. The largest absolute Gasteiger partial charge is 0.387 e. The van der Waals surface area contributed by atoms with Gasteiger partial charge in [-0.3, -0.25) is 14.9 Å². The van der Waals surface area contributed by atoms with E-state index in [0.717, 1.165) is 19.3 Å². The number of carbonyl (C=O) groups excluding carboxylic acids is 1. The Morgan fingerprint density at radius 1 is 1.42 bits per heavy atom. The average molecular weight is 374 g/mol. The monoisotopic (exact) mass is 374 g/mol. The molecule has 2 N–H and O–H groups in total. The molecule has 1 aliphatic rings. The predicted octanol–water partition coefficient (Wildman–Crippen LogP) is 3.63. The Morgan fingerprint density at radius 3 is 2.81 bits per heavy atom. The summed E-state index contributed by atoms with van der Waals surface area (Å²) in [7, 11) is 0. The van der Waals surface area contributed by atoms with Crippen LogP contribution in [0.3, 0.4) is 0 Å². The van der Waals surface area contributed by atoms with E-state index in [2.05, 4.69) is 12.2 Å². The minimum Gasteiger partial charge on any atom is -0.387 e. The molecule has 2 atom stereocenters. The Morgan fingerprint density at radius 2 is 2.15 bits per heavy atom. The SMILES string of the molecule is CCC1CCc2sc(C(=O)NCC(O)c3ccc([N+](=O)[O-])cc3)cc2C1. The van der Waals surface area contributed by atoms with E-state index in [0.29, 0.717) is 16.4 Å². The number of non-ortho nitro benzene ring substituents is 1. The standard InChI is InChI=1S/C19H22N2O4S/c1-2-12-3-8-17-14(9-12)10-18(26-17)19(23)20-11-16(22)13-4-6-15(7-5-13)21(24)25/h4-7,10,12,16,22H,2-3,8-9,11H2,1H3,(H,20,23). The minimum atomic E-state index is -0.904. The maximum absolute atomic E-state index is 12.4. The molecule has 0 radical (unpaired) electrons. The van der Waals surface area contributed by atoms with E-state index in [4.69, 9.17) is 0 Å². The van der Waals surface area contributed by atoms with E-state index >= 15 is 0 Å². The average Bonchev–Trinajstić information content (AvgIpc) is 3.09. The van der Waals surface area contributed by atoms with Crippen LogP contribution in [0.15, 0.2) is 30.3 Å². The number of aliphatic hydroxyl groups is 1. The Labute approximate surface area is 156 Å². The number of hydrogen-bond donors (Lipinski definition) is 2. The van der Waals surface area contributed by atoms with Crippen molar-refractivity contribution in [2.24, 2.45) is 5.92 Å². The molecule has 3 rings (SSSR count). The molecule has 6 nitrogen and oxygen atoms in total. The second kappa shape index (κ2) is 7.97. The lowest BCUT2D eigenvalue weighted by atomic mass is 9.87. The third-order valence-corrected chi connectivity index (χ3v) is 6.17. The van der Waals surface area contributed by atoms with Crippen molar-refractivity contribution in [2.75, 3.05) is 6.54 Å². The van der Waals surface area contributed by atoms with Gasteiger partial charge in [-0.15, -0.1) is 11.3 Å². The molecule has 7 heteroatoms. The zero-order chi connectivity index (χ0) is 18.7. The lowest BCUT2D eigenvalue weighted by molar-refractivity contribution is -0.384. The van der Waals surface area contributed by atoms with Gasteiger partial charge in [0, 0.05) is 23.6 Å². The van der Waals surface area contributed by atoms with Gasteiger partial charge in [0.15, 0.2) is 0 Å². The van der Waals surface area contributed by atoms with Gasteiger partial charge in [0.25, 0.3) is 11.6 Å².